The van der Waals surface area contributed by atoms with Crippen LogP contribution in [0.25, 0.3) is 0 Å². The van der Waals surface area contributed by atoms with Crippen molar-refractivity contribution in [1.82, 2.24) is 5.43 Å². The van der Waals surface area contributed by atoms with Gasteiger partial charge in [0.1, 0.15) is 0 Å². The van der Waals surface area contributed by atoms with Crippen molar-refractivity contribution in [3.8, 4) is 0 Å². The number of hydrogen-bond acceptors (Lipinski definition) is 3. The molecule has 0 amide bonds. The Labute approximate surface area is 115 Å². The van der Waals surface area contributed by atoms with Crippen molar-refractivity contribution in [2.24, 2.45) is 5.84 Å². The molecule has 8 heteroatoms. The highest BCUT2D eigenvalue weighted by atomic mass is 32.1. The van der Waals surface area contributed by atoms with Gasteiger partial charge in [-0.05, 0) is 11.4 Å². The summed E-state index contributed by atoms with van der Waals surface area (Å²) in [6.45, 7) is 0. The number of rotatable bonds is 4. The lowest BCUT2D eigenvalue weighted by Gasteiger charge is -2.18. The zero-order valence-corrected chi connectivity index (χ0v) is 10.7. The van der Waals surface area contributed by atoms with Crippen LogP contribution in [0.2, 0.25) is 0 Å². The summed E-state index contributed by atoms with van der Waals surface area (Å²) in [5, 5.41) is 1.72. The molecular formula is C12H9F5N2S. The topological polar surface area (TPSA) is 38.0 Å². The van der Waals surface area contributed by atoms with Gasteiger partial charge in [-0.15, -0.1) is 11.3 Å². The highest BCUT2D eigenvalue weighted by molar-refractivity contribution is 7.09. The summed E-state index contributed by atoms with van der Waals surface area (Å²) in [7, 11) is 0. The SMILES string of the molecule is NNC(Cc1cccs1)c1c(F)c(F)c(F)c(F)c1F. The van der Waals surface area contributed by atoms with Crippen LogP contribution >= 0.6 is 11.3 Å². The molecular weight excluding hydrogens is 299 g/mol. The van der Waals surface area contributed by atoms with Crippen molar-refractivity contribution >= 4 is 11.3 Å². The zero-order chi connectivity index (χ0) is 14.9. The average Bonchev–Trinajstić information content (AvgIpc) is 2.95. The Morgan fingerprint density at radius 2 is 1.55 bits per heavy atom. The molecule has 20 heavy (non-hydrogen) atoms. The number of nitrogens with one attached hydrogen (secondary N) is 1. The fraction of sp³-hybridized carbons (Fsp3) is 0.167. The summed E-state index contributed by atoms with van der Waals surface area (Å²) in [6.07, 6.45) is 0.00647. The van der Waals surface area contributed by atoms with Gasteiger partial charge in [0.15, 0.2) is 23.3 Å². The molecule has 1 unspecified atom stereocenters. The molecule has 0 spiro atoms. The number of nitrogens with two attached hydrogens (primary N) is 1. The van der Waals surface area contributed by atoms with E-state index in [0.717, 1.165) is 0 Å². The summed E-state index contributed by atoms with van der Waals surface area (Å²) >= 11 is 1.28. The summed E-state index contributed by atoms with van der Waals surface area (Å²) in [5.74, 6) is -4.72. The quantitative estimate of drug-likeness (QED) is 0.299. The van der Waals surface area contributed by atoms with E-state index >= 15 is 0 Å². The molecule has 0 aliphatic carbocycles. The van der Waals surface area contributed by atoms with Crippen LogP contribution in [0.3, 0.4) is 0 Å². The molecule has 1 aromatic carbocycles. The molecule has 0 fully saturated rings. The van der Waals surface area contributed by atoms with Crippen LogP contribution in [-0.4, -0.2) is 0 Å². The first kappa shape index (κ1) is 14.9. The van der Waals surface area contributed by atoms with E-state index in [4.69, 9.17) is 5.84 Å². The van der Waals surface area contributed by atoms with Gasteiger partial charge in [0, 0.05) is 16.9 Å². The Morgan fingerprint density at radius 3 is 2.00 bits per heavy atom. The van der Waals surface area contributed by atoms with Crippen LogP contribution in [0.5, 0.6) is 0 Å². The summed E-state index contributed by atoms with van der Waals surface area (Å²) in [5.41, 5.74) is 1.12. The Balaban J connectivity index is 2.49. The molecule has 0 saturated carbocycles. The van der Waals surface area contributed by atoms with Gasteiger partial charge in [-0.25, -0.2) is 22.0 Å². The normalized spacial score (nSPS) is 12.7. The standard InChI is InChI=1S/C12H9F5N2S/c13-8-7(9(14)11(16)12(17)10(8)15)6(19-18)4-5-2-1-3-20-5/h1-3,6,19H,4,18H2. The second kappa shape index (κ2) is 5.86. The second-order valence-electron chi connectivity index (χ2n) is 3.99. The van der Waals surface area contributed by atoms with Crippen LogP contribution in [0.4, 0.5) is 22.0 Å². The molecule has 1 atom stereocenters. The molecule has 0 aliphatic rings. The molecule has 0 radical (unpaired) electrons. The number of halogens is 5. The van der Waals surface area contributed by atoms with Gasteiger partial charge in [-0.3, -0.25) is 11.3 Å². The number of thiophene rings is 1. The lowest BCUT2D eigenvalue weighted by molar-refractivity contribution is 0.356. The van der Waals surface area contributed by atoms with E-state index in [1.807, 2.05) is 0 Å². The van der Waals surface area contributed by atoms with Gasteiger partial charge < -0.3 is 0 Å². The Bertz CT molecular complexity index is 586. The van der Waals surface area contributed by atoms with Crippen LogP contribution in [0, 0.1) is 29.1 Å². The van der Waals surface area contributed by atoms with Gasteiger partial charge in [0.25, 0.3) is 0 Å². The van der Waals surface area contributed by atoms with E-state index < -0.39 is 40.7 Å². The van der Waals surface area contributed by atoms with E-state index in [2.05, 4.69) is 5.43 Å². The minimum atomic E-state index is -2.18. The molecule has 2 rings (SSSR count). The molecule has 0 saturated heterocycles. The third-order valence-corrected chi connectivity index (χ3v) is 3.68. The van der Waals surface area contributed by atoms with Gasteiger partial charge in [0.2, 0.25) is 5.82 Å². The summed E-state index contributed by atoms with van der Waals surface area (Å²) < 4.78 is 66.6. The molecule has 0 aliphatic heterocycles. The maximum atomic E-state index is 13.7. The average molecular weight is 308 g/mol. The molecule has 0 bridgehead atoms. The Kier molecular flexibility index (Phi) is 4.36. The van der Waals surface area contributed by atoms with E-state index in [-0.39, 0.29) is 6.42 Å². The van der Waals surface area contributed by atoms with E-state index in [1.165, 1.54) is 11.3 Å². The number of benzene rings is 1. The first-order valence-corrected chi connectivity index (χ1v) is 6.35. The molecule has 2 aromatic rings. The van der Waals surface area contributed by atoms with Gasteiger partial charge in [-0.1, -0.05) is 6.07 Å². The maximum Gasteiger partial charge on any atom is 0.200 e. The van der Waals surface area contributed by atoms with E-state index in [1.54, 1.807) is 17.5 Å². The minimum Gasteiger partial charge on any atom is -0.271 e. The highest BCUT2D eigenvalue weighted by Gasteiger charge is 2.30. The predicted molar refractivity (Wildman–Crippen MR) is 64.3 cm³/mol. The molecule has 1 heterocycles. The van der Waals surface area contributed by atoms with Crippen LogP contribution < -0.4 is 11.3 Å². The van der Waals surface area contributed by atoms with Gasteiger partial charge in [-0.2, -0.15) is 0 Å². The molecule has 108 valence electrons. The number of hydrogen-bond donors (Lipinski definition) is 2. The number of hydrazine groups is 1. The Hall–Kier alpha value is -1.51. The van der Waals surface area contributed by atoms with Crippen molar-refractivity contribution in [2.45, 2.75) is 12.5 Å². The van der Waals surface area contributed by atoms with Crippen molar-refractivity contribution in [3.05, 3.63) is 57.0 Å². The predicted octanol–water partition coefficient (Wildman–Crippen LogP) is 3.19. The van der Waals surface area contributed by atoms with Gasteiger partial charge >= 0.3 is 0 Å². The largest absolute Gasteiger partial charge is 0.271 e. The lowest BCUT2D eigenvalue weighted by atomic mass is 10.0. The molecule has 2 nitrogen and oxygen atoms in total. The van der Waals surface area contributed by atoms with Gasteiger partial charge in [0.05, 0.1) is 6.04 Å². The fourth-order valence-corrected chi connectivity index (χ4v) is 2.55. The first-order chi connectivity index (χ1) is 9.47. The van der Waals surface area contributed by atoms with Crippen LogP contribution in [0.1, 0.15) is 16.5 Å². The second-order valence-corrected chi connectivity index (χ2v) is 5.02. The van der Waals surface area contributed by atoms with Crippen molar-refractivity contribution in [3.63, 3.8) is 0 Å². The van der Waals surface area contributed by atoms with Crippen LogP contribution in [-0.2, 0) is 6.42 Å². The fourth-order valence-electron chi connectivity index (χ4n) is 1.80. The van der Waals surface area contributed by atoms with Crippen molar-refractivity contribution in [1.29, 1.82) is 0 Å². The van der Waals surface area contributed by atoms with E-state index in [0.29, 0.717) is 4.88 Å². The molecule has 3 N–H and O–H groups in total. The van der Waals surface area contributed by atoms with Crippen molar-refractivity contribution < 1.29 is 22.0 Å². The lowest BCUT2D eigenvalue weighted by Crippen LogP contribution is -2.31. The Morgan fingerprint density at radius 1 is 1.00 bits per heavy atom. The van der Waals surface area contributed by atoms with Crippen LogP contribution in [0.15, 0.2) is 17.5 Å². The monoisotopic (exact) mass is 308 g/mol. The van der Waals surface area contributed by atoms with E-state index in [9.17, 15) is 22.0 Å². The zero-order valence-electron chi connectivity index (χ0n) is 9.89. The first-order valence-electron chi connectivity index (χ1n) is 5.47. The smallest absolute Gasteiger partial charge is 0.200 e. The minimum absolute atomic E-state index is 0.00647. The summed E-state index contributed by atoms with van der Waals surface area (Å²) in [4.78, 5) is 0.692. The van der Waals surface area contributed by atoms with Crippen molar-refractivity contribution in [2.75, 3.05) is 0 Å². The third kappa shape index (κ3) is 2.54. The maximum absolute atomic E-state index is 13.7. The highest BCUT2D eigenvalue weighted by Crippen LogP contribution is 2.30. The summed E-state index contributed by atoms with van der Waals surface area (Å²) in [6, 6.07) is 2.14. The molecule has 1 aromatic heterocycles. The third-order valence-electron chi connectivity index (χ3n) is 2.78.